The highest BCUT2D eigenvalue weighted by Crippen LogP contribution is 2.29. The van der Waals surface area contributed by atoms with Gasteiger partial charge in [0.25, 0.3) is 11.5 Å². The number of rotatable bonds is 5. The standard InChI is InChI=1S/C20H29N5O3.ClH/c1-11(2)6-9-13-15(21)23-25-17(13)24(10-20(3,4)5)18(27)14(19(25)28)16(26)22-12-7-8-12;/h6,9,11-12,27H,7-8,10H2,1-5H3,(H2,21,23)(H,22,26);1H. The molecule has 0 radical (unpaired) electrons. The Morgan fingerprint density at radius 1 is 1.38 bits per heavy atom. The summed E-state index contributed by atoms with van der Waals surface area (Å²) in [4.78, 5) is 25.6. The summed E-state index contributed by atoms with van der Waals surface area (Å²) < 4.78 is 2.69. The van der Waals surface area contributed by atoms with E-state index in [4.69, 9.17) is 5.73 Å². The monoisotopic (exact) mass is 423 g/mol. The number of nitrogen functional groups attached to an aromatic ring is 1. The molecule has 1 aliphatic carbocycles. The molecular weight excluding hydrogens is 394 g/mol. The fourth-order valence-corrected chi connectivity index (χ4v) is 3.03. The summed E-state index contributed by atoms with van der Waals surface area (Å²) in [6, 6.07) is 0.0605. The van der Waals surface area contributed by atoms with Gasteiger partial charge < -0.3 is 16.2 Å². The van der Waals surface area contributed by atoms with Gasteiger partial charge in [0.15, 0.2) is 17.0 Å². The maximum absolute atomic E-state index is 13.0. The van der Waals surface area contributed by atoms with Crippen LogP contribution in [-0.2, 0) is 6.54 Å². The second kappa shape index (κ2) is 8.10. The molecule has 0 unspecified atom stereocenters. The minimum Gasteiger partial charge on any atom is -0.494 e. The second-order valence-electron chi connectivity index (χ2n) is 9.04. The minimum atomic E-state index is -0.674. The van der Waals surface area contributed by atoms with Gasteiger partial charge in [0.1, 0.15) is 0 Å². The number of nitrogens with zero attached hydrogens (tertiary/aromatic N) is 3. The Morgan fingerprint density at radius 3 is 2.52 bits per heavy atom. The number of allylic oxidation sites excluding steroid dienone is 1. The zero-order valence-electron chi connectivity index (χ0n) is 17.5. The van der Waals surface area contributed by atoms with E-state index in [1.54, 1.807) is 4.57 Å². The third kappa shape index (κ3) is 4.75. The summed E-state index contributed by atoms with van der Waals surface area (Å²) in [5.74, 6) is -0.488. The molecule has 4 N–H and O–H groups in total. The Labute approximate surface area is 176 Å². The number of fused-ring (bicyclic) bond motifs is 1. The summed E-state index contributed by atoms with van der Waals surface area (Å²) >= 11 is 0. The SMILES string of the molecule is CC(C)C=Cc1c(N)nn2c(=O)c(C(=O)NC3CC3)c(O)n(CC(C)(C)C)c12.Cl. The van der Waals surface area contributed by atoms with Gasteiger partial charge in [-0.2, -0.15) is 4.52 Å². The van der Waals surface area contributed by atoms with Crippen molar-refractivity contribution >= 4 is 35.9 Å². The zero-order chi connectivity index (χ0) is 20.8. The summed E-state index contributed by atoms with van der Waals surface area (Å²) in [5, 5.41) is 17.9. The molecule has 2 aromatic heterocycles. The molecular formula is C20H30ClN5O3. The molecule has 1 fully saturated rings. The molecule has 0 bridgehead atoms. The number of carbonyl (C=O) groups excluding carboxylic acids is 1. The van der Waals surface area contributed by atoms with E-state index in [1.807, 2.05) is 46.8 Å². The van der Waals surface area contributed by atoms with Crippen molar-refractivity contribution in [2.24, 2.45) is 11.3 Å². The first-order chi connectivity index (χ1) is 13.0. The zero-order valence-corrected chi connectivity index (χ0v) is 18.3. The lowest BCUT2D eigenvalue weighted by Crippen LogP contribution is -2.35. The molecule has 1 amide bonds. The lowest BCUT2D eigenvalue weighted by Gasteiger charge is -2.23. The Hall–Kier alpha value is -2.48. The first-order valence-electron chi connectivity index (χ1n) is 9.62. The van der Waals surface area contributed by atoms with Gasteiger partial charge in [0.2, 0.25) is 5.88 Å². The van der Waals surface area contributed by atoms with E-state index in [2.05, 4.69) is 10.4 Å². The van der Waals surface area contributed by atoms with Crippen molar-refractivity contribution in [2.75, 3.05) is 5.73 Å². The quantitative estimate of drug-likeness (QED) is 0.684. The highest BCUT2D eigenvalue weighted by atomic mass is 35.5. The first kappa shape index (κ1) is 22.8. The van der Waals surface area contributed by atoms with Crippen molar-refractivity contribution in [3.05, 3.63) is 27.6 Å². The Morgan fingerprint density at radius 2 is 2.00 bits per heavy atom. The third-order valence-corrected chi connectivity index (χ3v) is 4.49. The maximum Gasteiger partial charge on any atom is 0.291 e. The molecule has 2 heterocycles. The fourth-order valence-electron chi connectivity index (χ4n) is 3.03. The number of nitrogens with one attached hydrogen (secondary N) is 1. The van der Waals surface area contributed by atoms with Crippen LogP contribution >= 0.6 is 12.4 Å². The van der Waals surface area contributed by atoms with Gasteiger partial charge >= 0.3 is 0 Å². The van der Waals surface area contributed by atoms with E-state index in [1.165, 1.54) is 0 Å². The Bertz CT molecular complexity index is 1010. The predicted molar refractivity (Wildman–Crippen MR) is 117 cm³/mol. The number of anilines is 1. The van der Waals surface area contributed by atoms with Crippen molar-refractivity contribution < 1.29 is 9.90 Å². The average Bonchev–Trinajstić information content (AvgIpc) is 3.30. The van der Waals surface area contributed by atoms with E-state index in [0.29, 0.717) is 17.8 Å². The van der Waals surface area contributed by atoms with Crippen LogP contribution in [-0.4, -0.2) is 31.2 Å². The van der Waals surface area contributed by atoms with Gasteiger partial charge in [0.05, 0.1) is 5.56 Å². The molecule has 9 heteroatoms. The number of aromatic nitrogens is 3. The van der Waals surface area contributed by atoms with Crippen LogP contribution in [0.1, 0.15) is 63.4 Å². The summed E-state index contributed by atoms with van der Waals surface area (Å²) in [6.07, 6.45) is 5.52. The molecule has 3 rings (SSSR count). The van der Waals surface area contributed by atoms with Crippen molar-refractivity contribution in [1.82, 2.24) is 19.5 Å². The molecule has 0 spiro atoms. The summed E-state index contributed by atoms with van der Waals surface area (Å²) in [6.45, 7) is 10.5. The molecule has 0 aliphatic heterocycles. The minimum absolute atomic E-state index is 0. The van der Waals surface area contributed by atoms with Crippen LogP contribution < -0.4 is 16.6 Å². The smallest absolute Gasteiger partial charge is 0.291 e. The molecule has 0 atom stereocenters. The van der Waals surface area contributed by atoms with Crippen LogP contribution in [0.4, 0.5) is 5.82 Å². The fraction of sp³-hybridized carbons (Fsp3) is 0.550. The topological polar surface area (TPSA) is 115 Å². The van der Waals surface area contributed by atoms with Gasteiger partial charge in [-0.3, -0.25) is 14.2 Å². The van der Waals surface area contributed by atoms with Crippen LogP contribution in [0.3, 0.4) is 0 Å². The number of hydrogen-bond donors (Lipinski definition) is 3. The van der Waals surface area contributed by atoms with Crippen molar-refractivity contribution in [2.45, 2.75) is 60.0 Å². The number of nitrogens with two attached hydrogens (primary N) is 1. The van der Waals surface area contributed by atoms with Crippen molar-refractivity contribution in [1.29, 1.82) is 0 Å². The molecule has 1 saturated carbocycles. The average molecular weight is 424 g/mol. The molecule has 0 saturated heterocycles. The van der Waals surface area contributed by atoms with Crippen molar-refractivity contribution in [3.63, 3.8) is 0 Å². The molecule has 0 aromatic carbocycles. The van der Waals surface area contributed by atoms with E-state index in [9.17, 15) is 14.7 Å². The maximum atomic E-state index is 13.0. The van der Waals surface area contributed by atoms with Crippen LogP contribution in [0.25, 0.3) is 11.7 Å². The highest BCUT2D eigenvalue weighted by molar-refractivity contribution is 5.97. The highest BCUT2D eigenvalue weighted by Gasteiger charge is 2.31. The van der Waals surface area contributed by atoms with E-state index in [-0.39, 0.29) is 47.0 Å². The molecule has 160 valence electrons. The number of carbonyl (C=O) groups is 1. The Balaban J connectivity index is 0.00000300. The van der Waals surface area contributed by atoms with E-state index in [0.717, 1.165) is 17.4 Å². The molecule has 1 aliphatic rings. The van der Waals surface area contributed by atoms with Gasteiger partial charge in [-0.25, -0.2) is 0 Å². The molecule has 8 nitrogen and oxygen atoms in total. The molecule has 29 heavy (non-hydrogen) atoms. The van der Waals surface area contributed by atoms with E-state index < -0.39 is 11.5 Å². The van der Waals surface area contributed by atoms with Gasteiger partial charge in [-0.05, 0) is 24.2 Å². The number of hydrogen-bond acceptors (Lipinski definition) is 5. The van der Waals surface area contributed by atoms with Gasteiger partial charge in [-0.15, -0.1) is 17.5 Å². The van der Waals surface area contributed by atoms with Crippen LogP contribution in [0.15, 0.2) is 10.9 Å². The number of halogens is 1. The largest absolute Gasteiger partial charge is 0.494 e. The lowest BCUT2D eigenvalue weighted by atomic mass is 9.96. The summed E-state index contributed by atoms with van der Waals surface area (Å²) in [7, 11) is 0. The first-order valence-corrected chi connectivity index (χ1v) is 9.62. The molecule has 2 aromatic rings. The predicted octanol–water partition coefficient (Wildman–Crippen LogP) is 2.81. The third-order valence-electron chi connectivity index (χ3n) is 4.49. The van der Waals surface area contributed by atoms with Gasteiger partial charge in [0, 0.05) is 12.6 Å². The lowest BCUT2D eigenvalue weighted by molar-refractivity contribution is 0.0944. The van der Waals surface area contributed by atoms with Crippen LogP contribution in [0.2, 0.25) is 0 Å². The van der Waals surface area contributed by atoms with Crippen LogP contribution in [0.5, 0.6) is 5.88 Å². The normalized spacial score (nSPS) is 14.6. The van der Waals surface area contributed by atoms with Gasteiger partial charge in [-0.1, -0.05) is 46.8 Å². The summed E-state index contributed by atoms with van der Waals surface area (Å²) in [5.41, 5.74) is 5.83. The van der Waals surface area contributed by atoms with E-state index >= 15 is 0 Å². The number of aromatic hydroxyl groups is 1. The second-order valence-corrected chi connectivity index (χ2v) is 9.04. The number of amides is 1. The van der Waals surface area contributed by atoms with Crippen molar-refractivity contribution in [3.8, 4) is 5.88 Å². The Kier molecular flexibility index (Phi) is 6.37. The van der Waals surface area contributed by atoms with Crippen LogP contribution in [0, 0.1) is 11.3 Å².